The molecule has 3 rings (SSSR count). The third-order valence-corrected chi connectivity index (χ3v) is 5.09. The Balaban J connectivity index is 1.98. The Kier molecular flexibility index (Phi) is 6.26. The van der Waals surface area contributed by atoms with E-state index in [1.54, 1.807) is 23.3 Å². The molecule has 30 heavy (non-hydrogen) atoms. The first-order valence-corrected chi connectivity index (χ1v) is 10.2. The highest BCUT2D eigenvalue weighted by Gasteiger charge is 2.54. The quantitative estimate of drug-likeness (QED) is 0.694. The Morgan fingerprint density at radius 2 is 1.90 bits per heavy atom. The molecule has 1 N–H and O–H groups in total. The molecule has 1 saturated heterocycles. The number of carbonyl (C=O) groups excluding carboxylic acids is 1. The van der Waals surface area contributed by atoms with Gasteiger partial charge in [-0.3, -0.25) is 4.90 Å². The van der Waals surface area contributed by atoms with E-state index in [-0.39, 0.29) is 12.6 Å². The van der Waals surface area contributed by atoms with Gasteiger partial charge in [-0.15, -0.1) is 0 Å². The molecule has 3 atom stereocenters. The molecule has 0 radical (unpaired) electrons. The van der Waals surface area contributed by atoms with Crippen LogP contribution < -0.4 is 0 Å². The molecule has 0 bridgehead atoms. The Morgan fingerprint density at radius 1 is 1.23 bits per heavy atom. The second kappa shape index (κ2) is 8.41. The fourth-order valence-corrected chi connectivity index (χ4v) is 4.02. The first-order valence-electron chi connectivity index (χ1n) is 10.2. The largest absolute Gasteiger partial charge is 0.468 e. The third kappa shape index (κ3) is 4.86. The van der Waals surface area contributed by atoms with Crippen LogP contribution in [0.25, 0.3) is 0 Å². The van der Waals surface area contributed by atoms with Crippen molar-refractivity contribution in [2.75, 3.05) is 0 Å². The van der Waals surface area contributed by atoms with Crippen LogP contribution in [0.4, 0.5) is 4.79 Å². The van der Waals surface area contributed by atoms with Crippen molar-refractivity contribution in [1.29, 1.82) is 0 Å². The minimum absolute atomic E-state index is 0.262. The molecule has 1 aromatic carbocycles. The van der Waals surface area contributed by atoms with Crippen molar-refractivity contribution in [2.45, 2.75) is 77.6 Å². The summed E-state index contributed by atoms with van der Waals surface area (Å²) in [6.45, 7) is 11.3. The Hall–Kier alpha value is -2.35. The van der Waals surface area contributed by atoms with E-state index < -0.39 is 29.5 Å². The highest BCUT2D eigenvalue weighted by atomic mass is 16.6. The van der Waals surface area contributed by atoms with Gasteiger partial charge < -0.3 is 19.1 Å². The van der Waals surface area contributed by atoms with Gasteiger partial charge in [0.25, 0.3) is 0 Å². The Morgan fingerprint density at radius 3 is 2.47 bits per heavy atom. The SMILES string of the molecule is C[C@H]1OC(C)(C)N(C(=O)OC(C)(C)C)[C@@H]1[C@@H](c1ccco1)N(O)Cc1ccccc1. The van der Waals surface area contributed by atoms with Gasteiger partial charge >= 0.3 is 6.09 Å². The van der Waals surface area contributed by atoms with Gasteiger partial charge in [-0.1, -0.05) is 30.3 Å². The second-order valence-electron chi connectivity index (χ2n) is 9.15. The van der Waals surface area contributed by atoms with Gasteiger partial charge in [-0.05, 0) is 59.2 Å². The minimum Gasteiger partial charge on any atom is -0.468 e. The molecule has 164 valence electrons. The highest BCUT2D eigenvalue weighted by Crippen LogP contribution is 2.41. The van der Waals surface area contributed by atoms with Gasteiger partial charge in [0.15, 0.2) is 0 Å². The molecule has 1 aliphatic heterocycles. The number of hydroxylamine groups is 2. The number of hydrogen-bond donors (Lipinski definition) is 1. The molecule has 1 aromatic heterocycles. The van der Waals surface area contributed by atoms with E-state index >= 15 is 0 Å². The lowest BCUT2D eigenvalue weighted by molar-refractivity contribution is -0.161. The van der Waals surface area contributed by atoms with Crippen LogP contribution in [-0.4, -0.2) is 44.7 Å². The van der Waals surface area contributed by atoms with Crippen LogP contribution in [0.2, 0.25) is 0 Å². The Bertz CT molecular complexity index is 829. The molecular weight excluding hydrogens is 384 g/mol. The van der Waals surface area contributed by atoms with Crippen molar-refractivity contribution in [2.24, 2.45) is 0 Å². The average molecular weight is 417 g/mol. The van der Waals surface area contributed by atoms with Gasteiger partial charge in [0.05, 0.1) is 18.4 Å². The summed E-state index contributed by atoms with van der Waals surface area (Å²) in [5.41, 5.74) is -0.636. The Labute approximate surface area is 178 Å². The van der Waals surface area contributed by atoms with Crippen LogP contribution in [-0.2, 0) is 16.0 Å². The lowest BCUT2D eigenvalue weighted by Crippen LogP contribution is -2.54. The summed E-state index contributed by atoms with van der Waals surface area (Å²) in [5, 5.41) is 12.4. The number of amides is 1. The maximum absolute atomic E-state index is 13.2. The summed E-state index contributed by atoms with van der Waals surface area (Å²) in [6.07, 6.45) is 0.696. The molecular formula is C23H32N2O5. The van der Waals surface area contributed by atoms with Crippen molar-refractivity contribution >= 4 is 6.09 Å². The third-order valence-electron chi connectivity index (χ3n) is 5.09. The molecule has 0 spiro atoms. The molecule has 1 amide bonds. The predicted octanol–water partition coefficient (Wildman–Crippen LogP) is 4.97. The average Bonchev–Trinajstić information content (AvgIpc) is 3.21. The van der Waals surface area contributed by atoms with Crippen molar-refractivity contribution in [3.63, 3.8) is 0 Å². The molecule has 7 heteroatoms. The molecule has 1 fully saturated rings. The predicted molar refractivity (Wildman–Crippen MR) is 112 cm³/mol. The van der Waals surface area contributed by atoms with Crippen molar-refractivity contribution in [3.8, 4) is 0 Å². The van der Waals surface area contributed by atoms with Gasteiger partial charge in [0.1, 0.15) is 23.1 Å². The second-order valence-corrected chi connectivity index (χ2v) is 9.15. The fourth-order valence-electron chi connectivity index (χ4n) is 4.02. The highest BCUT2D eigenvalue weighted by molar-refractivity contribution is 5.70. The van der Waals surface area contributed by atoms with Gasteiger partial charge in [0, 0.05) is 6.54 Å². The van der Waals surface area contributed by atoms with Crippen LogP contribution in [0.1, 0.15) is 58.9 Å². The van der Waals surface area contributed by atoms with Crippen LogP contribution >= 0.6 is 0 Å². The van der Waals surface area contributed by atoms with E-state index in [9.17, 15) is 10.0 Å². The van der Waals surface area contributed by atoms with Gasteiger partial charge in [-0.2, -0.15) is 5.06 Å². The first kappa shape index (κ1) is 22.3. The monoisotopic (exact) mass is 416 g/mol. The van der Waals surface area contributed by atoms with E-state index in [0.29, 0.717) is 5.76 Å². The normalized spacial score (nSPS) is 22.3. The van der Waals surface area contributed by atoms with Crippen molar-refractivity contribution in [3.05, 3.63) is 60.1 Å². The van der Waals surface area contributed by atoms with Crippen molar-refractivity contribution < 1.29 is 23.9 Å². The summed E-state index contributed by atoms with van der Waals surface area (Å²) in [5.74, 6) is 0.542. The number of nitrogens with zero attached hydrogens (tertiary/aromatic N) is 2. The van der Waals surface area contributed by atoms with Crippen LogP contribution in [0, 0.1) is 0 Å². The molecule has 0 aliphatic carbocycles. The van der Waals surface area contributed by atoms with Crippen LogP contribution in [0.5, 0.6) is 0 Å². The number of rotatable bonds is 5. The smallest absolute Gasteiger partial charge is 0.412 e. The van der Waals surface area contributed by atoms with E-state index in [4.69, 9.17) is 13.9 Å². The number of benzene rings is 1. The maximum atomic E-state index is 13.2. The minimum atomic E-state index is -0.912. The van der Waals surface area contributed by atoms with Crippen LogP contribution in [0.15, 0.2) is 53.1 Å². The molecule has 0 saturated carbocycles. The molecule has 2 aromatic rings. The van der Waals surface area contributed by atoms with E-state index in [1.165, 1.54) is 5.06 Å². The molecule has 2 heterocycles. The fraction of sp³-hybridized carbons (Fsp3) is 0.522. The summed E-state index contributed by atoms with van der Waals surface area (Å²) in [6, 6.07) is 12.0. The number of carbonyl (C=O) groups is 1. The molecule has 0 unspecified atom stereocenters. The van der Waals surface area contributed by atoms with Gasteiger partial charge in [-0.25, -0.2) is 4.79 Å². The zero-order valence-electron chi connectivity index (χ0n) is 18.5. The molecule has 7 nitrogen and oxygen atoms in total. The summed E-state index contributed by atoms with van der Waals surface area (Å²) < 4.78 is 17.5. The van der Waals surface area contributed by atoms with E-state index in [0.717, 1.165) is 5.56 Å². The number of ether oxygens (including phenoxy) is 2. The molecule has 1 aliphatic rings. The van der Waals surface area contributed by atoms with E-state index in [1.807, 2.05) is 71.9 Å². The maximum Gasteiger partial charge on any atom is 0.412 e. The summed E-state index contributed by atoms with van der Waals surface area (Å²) >= 11 is 0. The summed E-state index contributed by atoms with van der Waals surface area (Å²) in [7, 11) is 0. The number of hydrogen-bond acceptors (Lipinski definition) is 6. The zero-order chi connectivity index (χ0) is 22.1. The first-order chi connectivity index (χ1) is 14.0. The number of furan rings is 1. The van der Waals surface area contributed by atoms with Crippen molar-refractivity contribution in [1.82, 2.24) is 9.96 Å². The van der Waals surface area contributed by atoms with Gasteiger partial charge in [0.2, 0.25) is 0 Å². The summed E-state index contributed by atoms with van der Waals surface area (Å²) in [4.78, 5) is 14.8. The van der Waals surface area contributed by atoms with E-state index in [2.05, 4.69) is 0 Å². The lowest BCUT2D eigenvalue weighted by atomic mass is 9.98. The zero-order valence-corrected chi connectivity index (χ0v) is 18.5. The topological polar surface area (TPSA) is 75.4 Å². The van der Waals surface area contributed by atoms with Crippen LogP contribution in [0.3, 0.4) is 0 Å². The lowest BCUT2D eigenvalue weighted by Gasteiger charge is -2.39. The standard InChI is InChI=1S/C23H32N2O5/c1-16-19(25(23(5,6)29-16)21(26)30-22(2,3)4)20(18-13-10-14-28-18)24(27)15-17-11-8-7-9-12-17/h7-14,16,19-20,27H,15H2,1-6H3/t16-,19+,20-/m1/s1.